The summed E-state index contributed by atoms with van der Waals surface area (Å²) in [5.41, 5.74) is 6.25. The summed E-state index contributed by atoms with van der Waals surface area (Å²) in [5.74, 6) is 1.46. The molecule has 0 fully saturated rings. The summed E-state index contributed by atoms with van der Waals surface area (Å²) >= 11 is 0. The molecule has 2 rings (SSSR count). The Balaban J connectivity index is 2.22. The number of pyridine rings is 1. The molecule has 0 saturated carbocycles. The van der Waals surface area contributed by atoms with Crippen LogP contribution in [0.1, 0.15) is 0 Å². The van der Waals surface area contributed by atoms with Gasteiger partial charge in [0.25, 0.3) is 0 Å². The molecule has 0 radical (unpaired) electrons. The van der Waals surface area contributed by atoms with Crippen molar-refractivity contribution in [2.45, 2.75) is 0 Å². The number of nitrogens with two attached hydrogens (primary N) is 1. The SMILES string of the molecule is Nc1n[nH]c(-c2ccnc(NCCO)c2)n1. The molecule has 0 amide bonds. The molecular formula is C9H12N6O. The van der Waals surface area contributed by atoms with E-state index in [4.69, 9.17) is 10.8 Å². The molecule has 0 aliphatic rings. The number of nitrogen functional groups attached to an aromatic ring is 1. The number of hydrogen-bond donors (Lipinski definition) is 4. The van der Waals surface area contributed by atoms with Crippen molar-refractivity contribution in [1.29, 1.82) is 0 Å². The maximum atomic E-state index is 8.68. The number of aromatic nitrogens is 4. The van der Waals surface area contributed by atoms with E-state index >= 15 is 0 Å². The Kier molecular flexibility index (Phi) is 2.97. The molecule has 5 N–H and O–H groups in total. The van der Waals surface area contributed by atoms with Crippen LogP contribution in [-0.2, 0) is 0 Å². The summed E-state index contributed by atoms with van der Waals surface area (Å²) < 4.78 is 0. The molecule has 2 heterocycles. The largest absolute Gasteiger partial charge is 0.395 e. The molecule has 0 aromatic carbocycles. The first-order valence-electron chi connectivity index (χ1n) is 4.78. The molecule has 2 aromatic heterocycles. The van der Waals surface area contributed by atoms with Gasteiger partial charge in [0.15, 0.2) is 5.82 Å². The zero-order chi connectivity index (χ0) is 11.4. The van der Waals surface area contributed by atoms with Crippen LogP contribution in [0.3, 0.4) is 0 Å². The van der Waals surface area contributed by atoms with Gasteiger partial charge in [-0.05, 0) is 12.1 Å². The van der Waals surface area contributed by atoms with Gasteiger partial charge in [-0.15, -0.1) is 5.10 Å². The number of anilines is 2. The number of rotatable bonds is 4. The highest BCUT2D eigenvalue weighted by molar-refractivity contribution is 5.59. The quantitative estimate of drug-likeness (QED) is 0.570. The van der Waals surface area contributed by atoms with Gasteiger partial charge in [-0.3, -0.25) is 5.10 Å². The van der Waals surface area contributed by atoms with E-state index in [1.54, 1.807) is 18.3 Å². The van der Waals surface area contributed by atoms with Crippen molar-refractivity contribution in [2.75, 3.05) is 24.2 Å². The van der Waals surface area contributed by atoms with Crippen LogP contribution >= 0.6 is 0 Å². The topological polar surface area (TPSA) is 113 Å². The molecule has 0 atom stereocenters. The Morgan fingerprint density at radius 2 is 2.38 bits per heavy atom. The minimum Gasteiger partial charge on any atom is -0.395 e. The van der Waals surface area contributed by atoms with Gasteiger partial charge in [-0.25, -0.2) is 4.98 Å². The van der Waals surface area contributed by atoms with Crippen LogP contribution in [0.4, 0.5) is 11.8 Å². The predicted octanol–water partition coefficient (Wildman–Crippen LogP) is -0.147. The molecule has 0 aliphatic carbocycles. The zero-order valence-electron chi connectivity index (χ0n) is 8.51. The second-order valence-corrected chi connectivity index (χ2v) is 3.12. The highest BCUT2D eigenvalue weighted by Gasteiger charge is 2.04. The Morgan fingerprint density at radius 3 is 3.06 bits per heavy atom. The Labute approximate surface area is 91.7 Å². The molecule has 7 nitrogen and oxygen atoms in total. The van der Waals surface area contributed by atoms with Gasteiger partial charge >= 0.3 is 0 Å². The fraction of sp³-hybridized carbons (Fsp3) is 0.222. The molecule has 0 aliphatic heterocycles. The zero-order valence-corrected chi connectivity index (χ0v) is 8.51. The lowest BCUT2D eigenvalue weighted by Crippen LogP contribution is -2.06. The maximum absolute atomic E-state index is 8.68. The van der Waals surface area contributed by atoms with Crippen molar-refractivity contribution >= 4 is 11.8 Å². The fourth-order valence-electron chi connectivity index (χ4n) is 1.26. The first-order chi connectivity index (χ1) is 7.79. The molecule has 0 bridgehead atoms. The first kappa shape index (κ1) is 10.4. The number of aromatic amines is 1. The number of H-pyrrole nitrogens is 1. The number of nitrogens with zero attached hydrogens (tertiary/aromatic N) is 3. The minimum atomic E-state index is 0.0567. The van der Waals surface area contributed by atoms with Crippen LogP contribution in [0.5, 0.6) is 0 Å². The summed E-state index contributed by atoms with van der Waals surface area (Å²) in [4.78, 5) is 8.10. The maximum Gasteiger partial charge on any atom is 0.239 e. The van der Waals surface area contributed by atoms with Gasteiger partial charge in [-0.1, -0.05) is 0 Å². The van der Waals surface area contributed by atoms with Gasteiger partial charge in [0, 0.05) is 18.3 Å². The van der Waals surface area contributed by atoms with E-state index in [1.807, 2.05) is 0 Å². The molecule has 2 aromatic rings. The van der Waals surface area contributed by atoms with Crippen molar-refractivity contribution < 1.29 is 5.11 Å². The summed E-state index contributed by atoms with van der Waals surface area (Å²) in [6.07, 6.45) is 1.65. The molecule has 84 valence electrons. The van der Waals surface area contributed by atoms with E-state index in [9.17, 15) is 0 Å². The molecule has 0 unspecified atom stereocenters. The molecule has 16 heavy (non-hydrogen) atoms. The number of hydrogen-bond acceptors (Lipinski definition) is 6. The van der Waals surface area contributed by atoms with Gasteiger partial charge in [0.2, 0.25) is 5.95 Å². The third kappa shape index (κ3) is 2.26. The highest BCUT2D eigenvalue weighted by atomic mass is 16.3. The lowest BCUT2D eigenvalue weighted by molar-refractivity contribution is 0.311. The van der Waals surface area contributed by atoms with Crippen molar-refractivity contribution in [2.24, 2.45) is 0 Å². The van der Waals surface area contributed by atoms with E-state index < -0.39 is 0 Å². The predicted molar refractivity (Wildman–Crippen MR) is 59.6 cm³/mol. The Morgan fingerprint density at radius 1 is 1.50 bits per heavy atom. The van der Waals surface area contributed by atoms with Gasteiger partial charge in [0.05, 0.1) is 6.61 Å². The standard InChI is InChI=1S/C9H12N6O/c10-9-13-8(14-15-9)6-1-2-11-7(5-6)12-3-4-16/h1-2,5,16H,3-4H2,(H,11,12)(H3,10,13,14,15). The van der Waals surface area contributed by atoms with Crippen molar-refractivity contribution in [3.8, 4) is 11.4 Å². The van der Waals surface area contributed by atoms with Crippen LogP contribution in [0.15, 0.2) is 18.3 Å². The van der Waals surface area contributed by atoms with Gasteiger partial charge < -0.3 is 16.2 Å². The van der Waals surface area contributed by atoms with Gasteiger partial charge in [0.1, 0.15) is 5.82 Å². The van der Waals surface area contributed by atoms with E-state index in [2.05, 4.69) is 25.5 Å². The third-order valence-corrected chi connectivity index (χ3v) is 1.95. The van der Waals surface area contributed by atoms with E-state index in [0.29, 0.717) is 18.2 Å². The van der Waals surface area contributed by atoms with Crippen molar-refractivity contribution in [1.82, 2.24) is 20.2 Å². The Hall–Kier alpha value is -2.15. The molecular weight excluding hydrogens is 208 g/mol. The lowest BCUT2D eigenvalue weighted by Gasteiger charge is -2.03. The molecule has 7 heteroatoms. The fourth-order valence-corrected chi connectivity index (χ4v) is 1.26. The average molecular weight is 220 g/mol. The number of aliphatic hydroxyl groups excluding tert-OH is 1. The Bertz CT molecular complexity index is 469. The number of nitrogens with one attached hydrogen (secondary N) is 2. The van der Waals surface area contributed by atoms with E-state index in [0.717, 1.165) is 5.56 Å². The van der Waals surface area contributed by atoms with Crippen LogP contribution in [0, 0.1) is 0 Å². The first-order valence-corrected chi connectivity index (χ1v) is 4.78. The van der Waals surface area contributed by atoms with Crippen molar-refractivity contribution in [3.05, 3.63) is 18.3 Å². The summed E-state index contributed by atoms with van der Waals surface area (Å²) in [7, 11) is 0. The van der Waals surface area contributed by atoms with Crippen LogP contribution < -0.4 is 11.1 Å². The monoisotopic (exact) mass is 220 g/mol. The smallest absolute Gasteiger partial charge is 0.239 e. The summed E-state index contributed by atoms with van der Waals surface area (Å²) in [6, 6.07) is 3.60. The summed E-state index contributed by atoms with van der Waals surface area (Å²) in [5, 5.41) is 18.1. The minimum absolute atomic E-state index is 0.0567. The van der Waals surface area contributed by atoms with E-state index in [-0.39, 0.29) is 12.6 Å². The van der Waals surface area contributed by atoms with Crippen LogP contribution in [0.2, 0.25) is 0 Å². The number of aliphatic hydroxyl groups is 1. The second kappa shape index (κ2) is 4.58. The van der Waals surface area contributed by atoms with Crippen LogP contribution in [-0.4, -0.2) is 38.4 Å². The van der Waals surface area contributed by atoms with Crippen molar-refractivity contribution in [3.63, 3.8) is 0 Å². The highest BCUT2D eigenvalue weighted by Crippen LogP contribution is 2.17. The normalized spacial score (nSPS) is 10.3. The van der Waals surface area contributed by atoms with Gasteiger partial charge in [-0.2, -0.15) is 4.98 Å². The molecule has 0 saturated heterocycles. The lowest BCUT2D eigenvalue weighted by atomic mass is 10.2. The summed E-state index contributed by atoms with van der Waals surface area (Å²) in [6.45, 7) is 0.510. The second-order valence-electron chi connectivity index (χ2n) is 3.12. The van der Waals surface area contributed by atoms with E-state index in [1.165, 1.54) is 0 Å². The third-order valence-electron chi connectivity index (χ3n) is 1.95. The van der Waals surface area contributed by atoms with Crippen LogP contribution in [0.25, 0.3) is 11.4 Å². The average Bonchev–Trinajstić information content (AvgIpc) is 2.74. The molecule has 0 spiro atoms.